The zero-order chi connectivity index (χ0) is 45.1. The second-order valence-electron chi connectivity index (χ2n) is 17.1. The van der Waals surface area contributed by atoms with E-state index in [9.17, 15) is 14.4 Å². The van der Waals surface area contributed by atoms with Crippen LogP contribution in [0, 0.1) is 0 Å². The summed E-state index contributed by atoms with van der Waals surface area (Å²) in [6, 6.07) is 0. The molecule has 0 rings (SSSR count). The first-order chi connectivity index (χ1) is 30.5. The van der Waals surface area contributed by atoms with Crippen LogP contribution in [-0.2, 0) is 28.6 Å². The van der Waals surface area contributed by atoms with Crippen LogP contribution in [0.5, 0.6) is 0 Å². The van der Waals surface area contributed by atoms with Crippen molar-refractivity contribution in [1.29, 1.82) is 0 Å². The molecule has 0 aliphatic carbocycles. The molecule has 0 aromatic heterocycles. The van der Waals surface area contributed by atoms with Crippen molar-refractivity contribution in [3.63, 3.8) is 0 Å². The highest BCUT2D eigenvalue weighted by Gasteiger charge is 2.19. The highest BCUT2D eigenvalue weighted by Crippen LogP contribution is 2.14. The minimum absolute atomic E-state index is 0.0948. The third kappa shape index (κ3) is 47.9. The standard InChI is InChI=1S/C56H96O6/c1-4-7-10-13-16-19-22-24-26-28-30-31-34-37-40-43-46-49-55(58)61-52-53(51-60-54(57)48-45-42-39-36-33-21-18-15-12-9-6-3)62-56(59)50-47-44-41-38-35-32-29-27-25-23-20-17-14-11-8-5-2/h7,10,16,19,24,26-27,29-31,37,40,53H,4-6,8-9,11-15,17-18,20-23,25,28,32-36,38-39,41-52H2,1-3H3/b10-7-,19-16-,26-24-,29-27-,31-30-,40-37-/t53-/m1/s1. The molecule has 0 aliphatic heterocycles. The van der Waals surface area contributed by atoms with Crippen LogP contribution in [0.15, 0.2) is 72.9 Å². The van der Waals surface area contributed by atoms with E-state index >= 15 is 0 Å². The summed E-state index contributed by atoms with van der Waals surface area (Å²) in [4.78, 5) is 37.9. The summed E-state index contributed by atoms with van der Waals surface area (Å²) >= 11 is 0. The number of hydrogen-bond acceptors (Lipinski definition) is 6. The lowest BCUT2D eigenvalue weighted by molar-refractivity contribution is -0.167. The van der Waals surface area contributed by atoms with E-state index in [1.54, 1.807) is 0 Å². The van der Waals surface area contributed by atoms with Gasteiger partial charge >= 0.3 is 17.9 Å². The molecule has 0 fully saturated rings. The molecular weight excluding hydrogens is 769 g/mol. The number of esters is 3. The number of unbranched alkanes of at least 4 members (excludes halogenated alkanes) is 23. The van der Waals surface area contributed by atoms with Crippen LogP contribution in [-0.4, -0.2) is 37.2 Å². The third-order valence-corrected chi connectivity index (χ3v) is 10.9. The highest BCUT2D eigenvalue weighted by molar-refractivity contribution is 5.71. The van der Waals surface area contributed by atoms with Gasteiger partial charge in [-0.15, -0.1) is 0 Å². The SMILES string of the molecule is CC/C=C\C/C=C\C/C=C\C/C=C\C/C=C\CCCC(=O)OC[C@@H](COC(=O)CCCCCCCCCCCCC)OC(=O)CCCCCCC/C=C\CCCCCCCCC. The van der Waals surface area contributed by atoms with Gasteiger partial charge in [-0.05, 0) is 83.5 Å². The lowest BCUT2D eigenvalue weighted by Crippen LogP contribution is -2.30. The van der Waals surface area contributed by atoms with Crippen molar-refractivity contribution in [3.8, 4) is 0 Å². The van der Waals surface area contributed by atoms with Crippen molar-refractivity contribution < 1.29 is 28.6 Å². The van der Waals surface area contributed by atoms with Crippen LogP contribution in [0.3, 0.4) is 0 Å². The molecule has 0 bridgehead atoms. The maximum absolute atomic E-state index is 12.8. The summed E-state index contributed by atoms with van der Waals surface area (Å²) in [5.41, 5.74) is 0. The molecule has 356 valence electrons. The van der Waals surface area contributed by atoms with Crippen molar-refractivity contribution in [2.24, 2.45) is 0 Å². The summed E-state index contributed by atoms with van der Waals surface area (Å²) < 4.78 is 16.7. The second kappa shape index (κ2) is 50.5. The van der Waals surface area contributed by atoms with Gasteiger partial charge in [0.15, 0.2) is 6.10 Å². The summed E-state index contributed by atoms with van der Waals surface area (Å²) in [5, 5.41) is 0. The van der Waals surface area contributed by atoms with Gasteiger partial charge in [0, 0.05) is 19.3 Å². The smallest absolute Gasteiger partial charge is 0.306 e. The average Bonchev–Trinajstić information content (AvgIpc) is 3.27. The molecule has 0 amide bonds. The zero-order valence-electron chi connectivity index (χ0n) is 40.6. The summed E-state index contributed by atoms with van der Waals surface area (Å²) in [7, 11) is 0. The van der Waals surface area contributed by atoms with E-state index < -0.39 is 6.10 Å². The number of rotatable bonds is 46. The fourth-order valence-corrected chi connectivity index (χ4v) is 7.06. The maximum atomic E-state index is 12.8. The van der Waals surface area contributed by atoms with Gasteiger partial charge in [0.2, 0.25) is 0 Å². The molecule has 0 aromatic rings. The number of hydrogen-bond donors (Lipinski definition) is 0. The van der Waals surface area contributed by atoms with E-state index in [1.807, 2.05) is 0 Å². The van der Waals surface area contributed by atoms with E-state index in [-0.39, 0.29) is 37.5 Å². The first-order valence-corrected chi connectivity index (χ1v) is 25.9. The quantitative estimate of drug-likeness (QED) is 0.0262. The molecule has 6 nitrogen and oxygen atoms in total. The van der Waals surface area contributed by atoms with Gasteiger partial charge in [-0.25, -0.2) is 0 Å². The number of carbonyl (C=O) groups excluding carboxylic acids is 3. The molecule has 6 heteroatoms. The van der Waals surface area contributed by atoms with E-state index in [1.165, 1.54) is 109 Å². The first kappa shape index (κ1) is 58.9. The van der Waals surface area contributed by atoms with Crippen LogP contribution < -0.4 is 0 Å². The van der Waals surface area contributed by atoms with Gasteiger partial charge in [-0.2, -0.15) is 0 Å². The van der Waals surface area contributed by atoms with E-state index in [0.717, 1.165) is 89.9 Å². The predicted octanol–water partition coefficient (Wildman–Crippen LogP) is 17.0. The lowest BCUT2D eigenvalue weighted by atomic mass is 10.1. The monoisotopic (exact) mass is 865 g/mol. The number of allylic oxidation sites excluding steroid dienone is 12. The Labute approximate surface area is 382 Å². The van der Waals surface area contributed by atoms with Crippen molar-refractivity contribution in [3.05, 3.63) is 72.9 Å². The molecule has 0 aliphatic rings. The molecule has 0 aromatic carbocycles. The van der Waals surface area contributed by atoms with Crippen molar-refractivity contribution in [2.45, 2.75) is 252 Å². The van der Waals surface area contributed by atoms with Crippen LogP contribution in [0.2, 0.25) is 0 Å². The molecule has 0 heterocycles. The zero-order valence-corrected chi connectivity index (χ0v) is 40.6. The van der Waals surface area contributed by atoms with Crippen molar-refractivity contribution in [1.82, 2.24) is 0 Å². The Hall–Kier alpha value is -3.15. The number of carbonyl (C=O) groups is 3. The minimum Gasteiger partial charge on any atom is -0.462 e. The molecule has 0 spiro atoms. The van der Waals surface area contributed by atoms with Crippen LogP contribution in [0.25, 0.3) is 0 Å². The Balaban J connectivity index is 4.46. The van der Waals surface area contributed by atoms with Crippen LogP contribution >= 0.6 is 0 Å². The average molecular weight is 865 g/mol. The fraction of sp³-hybridized carbons (Fsp3) is 0.732. The van der Waals surface area contributed by atoms with Crippen molar-refractivity contribution >= 4 is 17.9 Å². The van der Waals surface area contributed by atoms with Gasteiger partial charge in [0.25, 0.3) is 0 Å². The largest absolute Gasteiger partial charge is 0.462 e. The van der Waals surface area contributed by atoms with Crippen LogP contribution in [0.1, 0.15) is 245 Å². The van der Waals surface area contributed by atoms with Gasteiger partial charge in [0.05, 0.1) is 0 Å². The van der Waals surface area contributed by atoms with Gasteiger partial charge < -0.3 is 14.2 Å². The molecule has 0 saturated carbocycles. The Morgan fingerprint density at radius 3 is 1.06 bits per heavy atom. The maximum Gasteiger partial charge on any atom is 0.306 e. The Bertz CT molecular complexity index is 1180. The number of ether oxygens (including phenoxy) is 3. The lowest BCUT2D eigenvalue weighted by Gasteiger charge is -2.18. The molecule has 0 radical (unpaired) electrons. The first-order valence-electron chi connectivity index (χ1n) is 25.9. The Morgan fingerprint density at radius 2 is 0.645 bits per heavy atom. The van der Waals surface area contributed by atoms with Crippen LogP contribution in [0.4, 0.5) is 0 Å². The minimum atomic E-state index is -0.800. The van der Waals surface area contributed by atoms with Crippen molar-refractivity contribution in [2.75, 3.05) is 13.2 Å². The van der Waals surface area contributed by atoms with Gasteiger partial charge in [-0.3, -0.25) is 14.4 Å². The molecule has 0 saturated heterocycles. The topological polar surface area (TPSA) is 78.9 Å². The molecule has 1 atom stereocenters. The Kier molecular flexibility index (Phi) is 47.9. The molecular formula is C56H96O6. The normalized spacial score (nSPS) is 12.6. The molecule has 0 unspecified atom stereocenters. The van der Waals surface area contributed by atoms with Gasteiger partial charge in [0.1, 0.15) is 13.2 Å². The molecule has 0 N–H and O–H groups in total. The van der Waals surface area contributed by atoms with E-state index in [2.05, 4.69) is 93.7 Å². The Morgan fingerprint density at radius 1 is 0.339 bits per heavy atom. The van der Waals surface area contributed by atoms with E-state index in [4.69, 9.17) is 14.2 Å². The predicted molar refractivity (Wildman–Crippen MR) is 265 cm³/mol. The van der Waals surface area contributed by atoms with Gasteiger partial charge in [-0.1, -0.05) is 216 Å². The summed E-state index contributed by atoms with van der Waals surface area (Å²) in [5.74, 6) is -0.963. The molecule has 62 heavy (non-hydrogen) atoms. The second-order valence-corrected chi connectivity index (χ2v) is 17.1. The highest BCUT2D eigenvalue weighted by atomic mass is 16.6. The van der Waals surface area contributed by atoms with E-state index in [0.29, 0.717) is 19.3 Å². The fourth-order valence-electron chi connectivity index (χ4n) is 7.06. The summed E-state index contributed by atoms with van der Waals surface area (Å²) in [6.45, 7) is 6.46. The third-order valence-electron chi connectivity index (χ3n) is 10.9. The summed E-state index contributed by atoms with van der Waals surface area (Å²) in [6.07, 6.45) is 63.2.